The summed E-state index contributed by atoms with van der Waals surface area (Å²) in [5.74, 6) is -4.02. The van der Waals surface area contributed by atoms with Gasteiger partial charge in [-0.05, 0) is 39.5 Å². The molecular formula is C19H28F3NO7. The second-order valence-electron chi connectivity index (χ2n) is 8.30. The van der Waals surface area contributed by atoms with E-state index in [9.17, 15) is 32.7 Å². The van der Waals surface area contributed by atoms with Crippen LogP contribution in [0.2, 0.25) is 0 Å². The molecule has 2 rings (SSSR count). The lowest BCUT2D eigenvalue weighted by Crippen LogP contribution is -2.59. The van der Waals surface area contributed by atoms with Gasteiger partial charge in [-0.25, -0.2) is 0 Å². The molecule has 8 nitrogen and oxygen atoms in total. The molecule has 1 aliphatic carbocycles. The molecule has 0 aromatic rings. The third-order valence-corrected chi connectivity index (χ3v) is 6.25. The Hall–Kier alpha value is -1.88. The van der Waals surface area contributed by atoms with Crippen molar-refractivity contribution in [3.05, 3.63) is 0 Å². The van der Waals surface area contributed by atoms with Gasteiger partial charge in [0.05, 0.1) is 12.6 Å². The van der Waals surface area contributed by atoms with E-state index in [-0.39, 0.29) is 38.9 Å². The number of carbonyl (C=O) groups excluding carboxylic acids is 2. The van der Waals surface area contributed by atoms with Crippen molar-refractivity contribution in [3.63, 3.8) is 0 Å². The number of carbonyl (C=O) groups is 3. The largest absolute Gasteiger partial charge is 0.481 e. The molecule has 0 spiro atoms. The van der Waals surface area contributed by atoms with Gasteiger partial charge in [0.2, 0.25) is 0 Å². The Morgan fingerprint density at radius 3 is 2.33 bits per heavy atom. The van der Waals surface area contributed by atoms with E-state index in [2.05, 4.69) is 0 Å². The third kappa shape index (κ3) is 4.56. The van der Waals surface area contributed by atoms with Gasteiger partial charge in [0.1, 0.15) is 17.1 Å². The molecule has 11 heteroatoms. The topological polar surface area (TPSA) is 102 Å². The zero-order valence-electron chi connectivity index (χ0n) is 17.5. The zero-order valence-corrected chi connectivity index (χ0v) is 17.5. The number of carboxylic acid groups (broad SMARTS) is 1. The van der Waals surface area contributed by atoms with E-state index in [0.29, 0.717) is 0 Å². The standard InChI is InChI=1S/C19H28F3NO7/c1-11(24)30-17(2,3)18(16(26)27)7-5-12(9-18)23(15(25)19(20,21)22)13-6-8-29-10-14(13)28-4/h12-14H,5-10H2,1-4H3,(H,26,27)/t12-,13+,14-,18-/m1/s1. The zero-order chi connectivity index (χ0) is 22.9. The van der Waals surface area contributed by atoms with Crippen LogP contribution in [-0.4, -0.2) is 78.1 Å². The number of halogens is 3. The molecule has 0 bridgehead atoms. The summed E-state index contributed by atoms with van der Waals surface area (Å²) >= 11 is 0. The highest BCUT2D eigenvalue weighted by molar-refractivity contribution is 5.83. The van der Waals surface area contributed by atoms with Gasteiger partial charge in [-0.1, -0.05) is 0 Å². The van der Waals surface area contributed by atoms with E-state index in [4.69, 9.17) is 14.2 Å². The average molecular weight is 439 g/mol. The molecule has 30 heavy (non-hydrogen) atoms. The maximum absolute atomic E-state index is 13.4. The fourth-order valence-electron chi connectivity index (χ4n) is 4.69. The fourth-order valence-corrected chi connectivity index (χ4v) is 4.69. The van der Waals surface area contributed by atoms with Crippen LogP contribution in [-0.2, 0) is 28.6 Å². The van der Waals surface area contributed by atoms with Gasteiger partial charge in [-0.15, -0.1) is 0 Å². The monoisotopic (exact) mass is 439 g/mol. The predicted molar refractivity (Wildman–Crippen MR) is 96.5 cm³/mol. The van der Waals surface area contributed by atoms with Crippen molar-refractivity contribution >= 4 is 17.8 Å². The molecule has 1 amide bonds. The van der Waals surface area contributed by atoms with Crippen LogP contribution in [0, 0.1) is 5.41 Å². The maximum atomic E-state index is 13.4. The van der Waals surface area contributed by atoms with E-state index in [1.54, 1.807) is 0 Å². The number of aliphatic carboxylic acids is 1. The van der Waals surface area contributed by atoms with Crippen LogP contribution in [0.25, 0.3) is 0 Å². The number of rotatable bonds is 6. The van der Waals surface area contributed by atoms with Crippen LogP contribution < -0.4 is 0 Å². The lowest BCUT2D eigenvalue weighted by molar-refractivity contribution is -0.199. The quantitative estimate of drug-likeness (QED) is 0.633. The molecule has 1 heterocycles. The molecule has 0 aromatic carbocycles. The first-order chi connectivity index (χ1) is 13.8. The number of hydrogen-bond donors (Lipinski definition) is 1. The van der Waals surface area contributed by atoms with E-state index < -0.39 is 53.2 Å². The molecule has 0 unspecified atom stereocenters. The Labute approximate surface area is 172 Å². The van der Waals surface area contributed by atoms with Crippen molar-refractivity contribution in [2.24, 2.45) is 5.41 Å². The number of nitrogens with zero attached hydrogens (tertiary/aromatic N) is 1. The number of ether oxygens (including phenoxy) is 3. The Bertz CT molecular complexity index is 682. The lowest BCUT2D eigenvalue weighted by atomic mass is 9.71. The lowest BCUT2D eigenvalue weighted by Gasteiger charge is -2.44. The summed E-state index contributed by atoms with van der Waals surface area (Å²) in [6, 6.07) is -1.92. The van der Waals surface area contributed by atoms with Crippen molar-refractivity contribution in [2.45, 2.75) is 76.4 Å². The van der Waals surface area contributed by atoms with E-state index in [1.807, 2.05) is 0 Å². The minimum Gasteiger partial charge on any atom is -0.481 e. The molecule has 1 aliphatic heterocycles. The first-order valence-electron chi connectivity index (χ1n) is 9.70. The Morgan fingerprint density at radius 2 is 1.83 bits per heavy atom. The van der Waals surface area contributed by atoms with E-state index in [0.717, 1.165) is 11.8 Å². The van der Waals surface area contributed by atoms with Crippen LogP contribution in [0.5, 0.6) is 0 Å². The van der Waals surface area contributed by atoms with Gasteiger partial charge in [0, 0.05) is 26.7 Å². The minimum absolute atomic E-state index is 0.0204. The van der Waals surface area contributed by atoms with Gasteiger partial charge in [0.25, 0.3) is 0 Å². The van der Waals surface area contributed by atoms with Crippen molar-refractivity contribution in [1.82, 2.24) is 4.90 Å². The van der Waals surface area contributed by atoms with Crippen molar-refractivity contribution in [1.29, 1.82) is 0 Å². The summed E-state index contributed by atoms with van der Waals surface area (Å²) < 4.78 is 56.1. The summed E-state index contributed by atoms with van der Waals surface area (Å²) in [6.45, 7) is 4.16. The number of amides is 1. The molecule has 172 valence electrons. The first-order valence-corrected chi connectivity index (χ1v) is 9.70. The smallest absolute Gasteiger partial charge is 0.471 e. The number of alkyl halides is 3. The van der Waals surface area contributed by atoms with E-state index >= 15 is 0 Å². The Morgan fingerprint density at radius 1 is 1.20 bits per heavy atom. The second-order valence-corrected chi connectivity index (χ2v) is 8.30. The molecular weight excluding hydrogens is 411 g/mol. The summed E-state index contributed by atoms with van der Waals surface area (Å²) in [6.07, 6.45) is -6.08. The van der Waals surface area contributed by atoms with Gasteiger partial charge < -0.3 is 24.2 Å². The fraction of sp³-hybridized carbons (Fsp3) is 0.842. The van der Waals surface area contributed by atoms with Crippen LogP contribution in [0.3, 0.4) is 0 Å². The molecule has 2 aliphatic rings. The maximum Gasteiger partial charge on any atom is 0.471 e. The highest BCUT2D eigenvalue weighted by atomic mass is 19.4. The summed E-state index contributed by atoms with van der Waals surface area (Å²) in [7, 11) is 1.32. The molecule has 4 atom stereocenters. The summed E-state index contributed by atoms with van der Waals surface area (Å²) in [5.41, 5.74) is -3.12. The van der Waals surface area contributed by atoms with Crippen LogP contribution in [0.1, 0.15) is 46.5 Å². The number of hydrogen-bond acceptors (Lipinski definition) is 6. The molecule has 2 fully saturated rings. The van der Waals surface area contributed by atoms with Gasteiger partial charge in [-0.2, -0.15) is 13.2 Å². The molecule has 1 N–H and O–H groups in total. The third-order valence-electron chi connectivity index (χ3n) is 6.25. The summed E-state index contributed by atoms with van der Waals surface area (Å²) in [4.78, 5) is 36.8. The highest BCUT2D eigenvalue weighted by Gasteiger charge is 2.61. The Kier molecular flexibility index (Phi) is 7.07. The van der Waals surface area contributed by atoms with Crippen molar-refractivity contribution in [3.8, 4) is 0 Å². The number of carboxylic acids is 1. The normalized spacial score (nSPS) is 30.0. The van der Waals surface area contributed by atoms with Crippen LogP contribution >= 0.6 is 0 Å². The SMILES string of the molecule is CO[C@@H]1COCC[C@@H]1N(C(=O)C(F)(F)F)[C@@H]1CC[C@@](C(=O)O)(C(C)(C)OC(C)=O)C1. The van der Waals surface area contributed by atoms with Crippen LogP contribution in [0.4, 0.5) is 13.2 Å². The molecule has 1 saturated carbocycles. The van der Waals surface area contributed by atoms with Gasteiger partial charge in [0.15, 0.2) is 0 Å². The first kappa shape index (κ1) is 24.4. The average Bonchev–Trinajstić information content (AvgIpc) is 3.07. The van der Waals surface area contributed by atoms with E-state index in [1.165, 1.54) is 21.0 Å². The minimum atomic E-state index is -5.13. The molecule has 0 radical (unpaired) electrons. The highest BCUT2D eigenvalue weighted by Crippen LogP contribution is 2.51. The van der Waals surface area contributed by atoms with Crippen molar-refractivity contribution in [2.75, 3.05) is 20.3 Å². The Balaban J connectivity index is 2.44. The van der Waals surface area contributed by atoms with Crippen LogP contribution in [0.15, 0.2) is 0 Å². The predicted octanol–water partition coefficient (Wildman–Crippen LogP) is 2.15. The van der Waals surface area contributed by atoms with Gasteiger partial charge in [-0.3, -0.25) is 14.4 Å². The number of methoxy groups -OCH3 is 1. The summed E-state index contributed by atoms with van der Waals surface area (Å²) in [5, 5.41) is 9.96. The second kappa shape index (κ2) is 8.70. The number of esters is 1. The molecule has 1 saturated heterocycles. The molecule has 0 aromatic heterocycles. The van der Waals surface area contributed by atoms with Gasteiger partial charge >= 0.3 is 24.0 Å². The van der Waals surface area contributed by atoms with Crippen molar-refractivity contribution < 1.29 is 46.9 Å².